The van der Waals surface area contributed by atoms with E-state index in [2.05, 4.69) is 56.9 Å². The molecule has 0 saturated carbocycles. The van der Waals surface area contributed by atoms with E-state index < -0.39 is 0 Å². The molecule has 160 valence electrons. The van der Waals surface area contributed by atoms with E-state index in [1.54, 1.807) is 0 Å². The van der Waals surface area contributed by atoms with Gasteiger partial charge in [-0.2, -0.15) is 0 Å². The van der Waals surface area contributed by atoms with Gasteiger partial charge in [-0.05, 0) is 69.0 Å². The van der Waals surface area contributed by atoms with Gasteiger partial charge in [0.25, 0.3) is 5.91 Å². The molecule has 0 bridgehead atoms. The summed E-state index contributed by atoms with van der Waals surface area (Å²) in [6.45, 7) is 5.30. The van der Waals surface area contributed by atoms with Crippen LogP contribution < -0.4 is 5.32 Å². The van der Waals surface area contributed by atoms with Crippen LogP contribution >= 0.6 is 11.8 Å². The minimum absolute atomic E-state index is 0.0181. The molecule has 0 aliphatic carbocycles. The van der Waals surface area contributed by atoms with Gasteiger partial charge >= 0.3 is 0 Å². The predicted molar refractivity (Wildman–Crippen MR) is 126 cm³/mol. The van der Waals surface area contributed by atoms with Crippen LogP contribution in [0.3, 0.4) is 0 Å². The van der Waals surface area contributed by atoms with Gasteiger partial charge in [-0.15, -0.1) is 0 Å². The summed E-state index contributed by atoms with van der Waals surface area (Å²) in [5, 5.41) is 4.18. The minimum Gasteiger partial charge on any atom is -0.352 e. The highest BCUT2D eigenvalue weighted by Gasteiger charge is 2.24. The Bertz CT molecular complexity index is 1100. The van der Waals surface area contributed by atoms with Gasteiger partial charge in [-0.25, -0.2) is 4.98 Å². The van der Waals surface area contributed by atoms with Crippen molar-refractivity contribution in [3.05, 3.63) is 70.9 Å². The molecule has 1 aromatic carbocycles. The number of pyridine rings is 1. The van der Waals surface area contributed by atoms with Crippen LogP contribution in [0.25, 0.3) is 11.7 Å². The van der Waals surface area contributed by atoms with E-state index in [0.717, 1.165) is 47.3 Å². The second-order valence-electron chi connectivity index (χ2n) is 8.46. The third-order valence-corrected chi connectivity index (χ3v) is 7.61. The van der Waals surface area contributed by atoms with Crippen molar-refractivity contribution >= 4 is 29.4 Å². The summed E-state index contributed by atoms with van der Waals surface area (Å²) in [5.74, 6) is 0.701. The number of piperidine rings is 1. The molecule has 31 heavy (non-hydrogen) atoms. The lowest BCUT2D eigenvalue weighted by Crippen LogP contribution is -2.37. The lowest BCUT2D eigenvalue weighted by molar-refractivity contribution is -0.116. The van der Waals surface area contributed by atoms with Crippen LogP contribution in [-0.2, 0) is 4.79 Å². The summed E-state index contributed by atoms with van der Waals surface area (Å²) in [4.78, 5) is 20.5. The van der Waals surface area contributed by atoms with Gasteiger partial charge in [-0.3, -0.25) is 14.1 Å². The zero-order valence-corrected chi connectivity index (χ0v) is 18.6. The Balaban J connectivity index is 1.10. The zero-order chi connectivity index (χ0) is 21.2. The van der Waals surface area contributed by atoms with Gasteiger partial charge < -0.3 is 5.32 Å². The number of amides is 1. The Hall–Kier alpha value is -2.57. The summed E-state index contributed by atoms with van der Waals surface area (Å²) in [5.41, 5.74) is 3.28. The van der Waals surface area contributed by atoms with Crippen LogP contribution in [0.1, 0.15) is 43.5 Å². The van der Waals surface area contributed by atoms with E-state index >= 15 is 0 Å². The van der Waals surface area contributed by atoms with Gasteiger partial charge in [0.1, 0.15) is 5.65 Å². The van der Waals surface area contributed by atoms with Crippen LogP contribution in [0.15, 0.2) is 64.7 Å². The Morgan fingerprint density at radius 3 is 2.77 bits per heavy atom. The molecule has 6 heteroatoms. The molecule has 3 aromatic rings. The summed E-state index contributed by atoms with van der Waals surface area (Å²) in [7, 11) is 0. The number of imidazole rings is 1. The quantitative estimate of drug-likeness (QED) is 0.610. The summed E-state index contributed by atoms with van der Waals surface area (Å²) in [6, 6.07) is 17.2. The fourth-order valence-electron chi connectivity index (χ4n) is 4.65. The number of carbonyl (C=O) groups is 1. The maximum absolute atomic E-state index is 12.8. The smallest absolute Gasteiger partial charge is 0.258 e. The minimum atomic E-state index is 0.0181. The van der Waals surface area contributed by atoms with Gasteiger partial charge in [0.15, 0.2) is 0 Å². The number of hydrogen-bond acceptors (Lipinski definition) is 4. The molecule has 1 atom stereocenters. The largest absolute Gasteiger partial charge is 0.352 e. The fourth-order valence-corrected chi connectivity index (χ4v) is 5.65. The Morgan fingerprint density at radius 2 is 1.97 bits per heavy atom. The van der Waals surface area contributed by atoms with Crippen molar-refractivity contribution in [3.63, 3.8) is 0 Å². The number of benzene rings is 1. The number of hydrogen-bond donors (Lipinski definition) is 1. The van der Waals surface area contributed by atoms with E-state index in [-0.39, 0.29) is 5.91 Å². The Morgan fingerprint density at radius 1 is 1.16 bits per heavy atom. The molecule has 1 unspecified atom stereocenters. The van der Waals surface area contributed by atoms with Crippen LogP contribution in [-0.4, -0.2) is 39.8 Å². The average Bonchev–Trinajstić information content (AvgIpc) is 3.24. The number of aromatic nitrogens is 2. The molecule has 4 heterocycles. The monoisotopic (exact) mass is 432 g/mol. The van der Waals surface area contributed by atoms with E-state index in [1.807, 2.05) is 30.5 Å². The summed E-state index contributed by atoms with van der Waals surface area (Å²) in [6.07, 6.45) is 7.22. The highest BCUT2D eigenvalue weighted by molar-refractivity contribution is 8.04. The first kappa shape index (κ1) is 20.3. The SMILES string of the molecule is CC(c1ccccc1)N1CCC(CCNC(=O)C2=Cc3cnc4cccc(n34)S2)CC1. The molecule has 1 saturated heterocycles. The van der Waals surface area contributed by atoms with Gasteiger partial charge in [0.05, 0.1) is 21.8 Å². The molecular formula is C25H28N4OS. The fraction of sp³-hybridized carbons (Fsp3) is 0.360. The molecular weight excluding hydrogens is 404 g/mol. The van der Waals surface area contributed by atoms with Crippen LogP contribution in [0.5, 0.6) is 0 Å². The highest BCUT2D eigenvalue weighted by Crippen LogP contribution is 2.34. The van der Waals surface area contributed by atoms with E-state index in [0.29, 0.717) is 12.0 Å². The molecule has 2 aliphatic heterocycles. The van der Waals surface area contributed by atoms with Crippen molar-refractivity contribution in [2.24, 2.45) is 5.92 Å². The number of likely N-dealkylation sites (tertiary alicyclic amines) is 1. The zero-order valence-electron chi connectivity index (χ0n) is 17.8. The van der Waals surface area contributed by atoms with Crippen molar-refractivity contribution in [2.75, 3.05) is 19.6 Å². The van der Waals surface area contributed by atoms with Gasteiger partial charge in [0.2, 0.25) is 0 Å². The molecule has 1 amide bonds. The number of carbonyl (C=O) groups excluding carboxylic acids is 1. The first-order valence-electron chi connectivity index (χ1n) is 11.1. The van der Waals surface area contributed by atoms with E-state index in [1.165, 1.54) is 30.2 Å². The number of rotatable bonds is 6. The molecule has 0 spiro atoms. The maximum Gasteiger partial charge on any atom is 0.258 e. The first-order valence-corrected chi connectivity index (χ1v) is 11.9. The second kappa shape index (κ2) is 8.89. The maximum atomic E-state index is 12.8. The highest BCUT2D eigenvalue weighted by atomic mass is 32.2. The molecule has 1 fully saturated rings. The molecule has 2 aliphatic rings. The lowest BCUT2D eigenvalue weighted by atomic mass is 9.92. The van der Waals surface area contributed by atoms with Crippen molar-refractivity contribution in [3.8, 4) is 0 Å². The molecule has 1 N–H and O–H groups in total. The standard InChI is InChI=1S/C25H28N4OS/c1-18(20-6-3-2-4-7-20)28-14-11-19(12-15-28)10-13-26-25(30)22-16-21-17-27-23-8-5-9-24(31-22)29(21)23/h2-9,16-19H,10-15H2,1H3,(H,26,30). The Kier molecular flexibility index (Phi) is 5.83. The normalized spacial score (nSPS) is 18.0. The van der Waals surface area contributed by atoms with Crippen molar-refractivity contribution < 1.29 is 4.79 Å². The van der Waals surface area contributed by atoms with E-state index in [9.17, 15) is 4.79 Å². The topological polar surface area (TPSA) is 49.6 Å². The number of nitrogens with zero attached hydrogens (tertiary/aromatic N) is 3. The van der Waals surface area contributed by atoms with E-state index in [4.69, 9.17) is 0 Å². The Labute approximate surface area is 187 Å². The summed E-state index contributed by atoms with van der Waals surface area (Å²) >= 11 is 1.51. The molecule has 2 aromatic heterocycles. The van der Waals surface area contributed by atoms with Crippen LogP contribution in [0.2, 0.25) is 0 Å². The first-order chi connectivity index (χ1) is 15.2. The summed E-state index contributed by atoms with van der Waals surface area (Å²) < 4.78 is 2.09. The lowest BCUT2D eigenvalue weighted by Gasteiger charge is -2.36. The van der Waals surface area contributed by atoms with Crippen LogP contribution in [0.4, 0.5) is 0 Å². The van der Waals surface area contributed by atoms with Crippen molar-refractivity contribution in [1.29, 1.82) is 0 Å². The number of thioether (sulfide) groups is 1. The van der Waals surface area contributed by atoms with Gasteiger partial charge in [0, 0.05) is 12.6 Å². The average molecular weight is 433 g/mol. The van der Waals surface area contributed by atoms with Crippen LogP contribution in [0, 0.1) is 5.92 Å². The molecule has 5 nitrogen and oxygen atoms in total. The number of nitrogens with one attached hydrogen (secondary N) is 1. The van der Waals surface area contributed by atoms with Gasteiger partial charge in [-0.1, -0.05) is 48.2 Å². The second-order valence-corrected chi connectivity index (χ2v) is 9.52. The van der Waals surface area contributed by atoms with Crippen molar-refractivity contribution in [1.82, 2.24) is 19.6 Å². The molecule has 5 rings (SSSR count). The predicted octanol–water partition coefficient (Wildman–Crippen LogP) is 4.76. The third-order valence-electron chi connectivity index (χ3n) is 6.56. The third kappa shape index (κ3) is 4.27. The van der Waals surface area contributed by atoms with Crippen molar-refractivity contribution in [2.45, 2.75) is 37.3 Å². The molecule has 0 radical (unpaired) electrons.